The van der Waals surface area contributed by atoms with Crippen molar-refractivity contribution in [1.29, 1.82) is 0 Å². The second-order valence-electron chi connectivity index (χ2n) is 6.81. The van der Waals surface area contributed by atoms with Crippen LogP contribution in [0.15, 0.2) is 0 Å². The molecule has 0 radical (unpaired) electrons. The van der Waals surface area contributed by atoms with E-state index in [-0.39, 0.29) is 5.91 Å². The highest BCUT2D eigenvalue weighted by Gasteiger charge is 2.27. The lowest BCUT2D eigenvalue weighted by atomic mass is 9.88. The Kier molecular flexibility index (Phi) is 5.02. The van der Waals surface area contributed by atoms with Gasteiger partial charge in [-0.25, -0.2) is 0 Å². The third kappa shape index (κ3) is 3.75. The van der Waals surface area contributed by atoms with Gasteiger partial charge in [0.1, 0.15) is 5.00 Å². The summed E-state index contributed by atoms with van der Waals surface area (Å²) in [5.74, 6) is 0.158. The largest absolute Gasteiger partial charge is 0.365 e. The van der Waals surface area contributed by atoms with Gasteiger partial charge in [-0.3, -0.25) is 14.5 Å². The van der Waals surface area contributed by atoms with Crippen molar-refractivity contribution in [3.8, 4) is 0 Å². The fraction of sp³-hybridized carbons (Fsp3) is 0.647. The predicted molar refractivity (Wildman–Crippen MR) is 92.9 cm³/mol. The molecule has 0 unspecified atom stereocenters. The molecule has 1 saturated heterocycles. The number of nitrogens with two attached hydrogens (primary N) is 1. The fourth-order valence-corrected chi connectivity index (χ4v) is 5.02. The Bertz CT molecular complexity index is 605. The summed E-state index contributed by atoms with van der Waals surface area (Å²) in [7, 11) is 0. The summed E-state index contributed by atoms with van der Waals surface area (Å²) in [6, 6.07) is 0. The van der Waals surface area contributed by atoms with Crippen LogP contribution in [0.4, 0.5) is 5.00 Å². The van der Waals surface area contributed by atoms with E-state index in [1.54, 1.807) is 0 Å². The zero-order valence-corrected chi connectivity index (χ0v) is 14.5. The van der Waals surface area contributed by atoms with Crippen LogP contribution in [0.2, 0.25) is 0 Å². The lowest BCUT2D eigenvalue weighted by Gasteiger charge is -2.25. The van der Waals surface area contributed by atoms with E-state index in [9.17, 15) is 9.59 Å². The van der Waals surface area contributed by atoms with Crippen LogP contribution in [0.3, 0.4) is 0 Å². The highest BCUT2D eigenvalue weighted by molar-refractivity contribution is 7.17. The number of carbonyl (C=O) groups excluding carboxylic acids is 2. The third-order valence-electron chi connectivity index (χ3n) is 4.83. The Morgan fingerprint density at radius 1 is 1.30 bits per heavy atom. The van der Waals surface area contributed by atoms with Gasteiger partial charge in [0.15, 0.2) is 0 Å². The Hall–Kier alpha value is -1.40. The summed E-state index contributed by atoms with van der Waals surface area (Å²) < 4.78 is 0. The number of nitrogens with one attached hydrogen (secondary N) is 1. The van der Waals surface area contributed by atoms with Crippen molar-refractivity contribution in [3.05, 3.63) is 16.0 Å². The first-order chi connectivity index (χ1) is 11.0. The fourth-order valence-electron chi connectivity index (χ4n) is 3.59. The molecule has 0 spiro atoms. The van der Waals surface area contributed by atoms with Crippen molar-refractivity contribution in [2.24, 2.45) is 11.7 Å². The molecule has 1 fully saturated rings. The summed E-state index contributed by atoms with van der Waals surface area (Å²) in [6.07, 6.45) is 6.50. The molecule has 0 aromatic carbocycles. The second-order valence-corrected chi connectivity index (χ2v) is 7.91. The van der Waals surface area contributed by atoms with Crippen molar-refractivity contribution in [2.75, 3.05) is 25.0 Å². The van der Waals surface area contributed by atoms with E-state index in [4.69, 9.17) is 5.73 Å². The van der Waals surface area contributed by atoms with Gasteiger partial charge in [0.25, 0.3) is 5.91 Å². The van der Waals surface area contributed by atoms with Gasteiger partial charge in [-0.2, -0.15) is 0 Å². The topological polar surface area (TPSA) is 75.4 Å². The van der Waals surface area contributed by atoms with E-state index in [0.717, 1.165) is 50.8 Å². The van der Waals surface area contributed by atoms with Crippen LogP contribution >= 0.6 is 11.3 Å². The number of amides is 2. The Labute approximate surface area is 141 Å². The number of primary amides is 1. The van der Waals surface area contributed by atoms with Crippen molar-refractivity contribution in [1.82, 2.24) is 4.90 Å². The lowest BCUT2D eigenvalue weighted by molar-refractivity contribution is -0.117. The summed E-state index contributed by atoms with van der Waals surface area (Å²) in [5, 5.41) is 3.60. The number of carbonyl (C=O) groups is 2. The maximum absolute atomic E-state index is 12.3. The normalized spacial score (nSPS) is 21.7. The Morgan fingerprint density at radius 3 is 2.74 bits per heavy atom. The SMILES string of the molecule is C[C@H]1CCc2c(sc(NC(=O)CN3CCCCC3)c2C(N)=O)C1. The van der Waals surface area contributed by atoms with Crippen LogP contribution in [0.1, 0.15) is 53.4 Å². The van der Waals surface area contributed by atoms with E-state index in [2.05, 4.69) is 17.1 Å². The summed E-state index contributed by atoms with van der Waals surface area (Å²) in [5.41, 5.74) is 7.19. The van der Waals surface area contributed by atoms with Gasteiger partial charge in [0, 0.05) is 4.88 Å². The standard InChI is InChI=1S/C17H25N3O2S/c1-11-5-6-12-13(9-11)23-17(15(12)16(18)22)19-14(21)10-20-7-3-2-4-8-20/h11H,2-10H2,1H3,(H2,18,22)(H,19,21)/t11-/m0/s1. The van der Waals surface area contributed by atoms with Crippen LogP contribution in [0, 0.1) is 5.92 Å². The van der Waals surface area contributed by atoms with Crippen molar-refractivity contribution >= 4 is 28.2 Å². The zero-order valence-electron chi connectivity index (χ0n) is 13.7. The average molecular weight is 335 g/mol. The Balaban J connectivity index is 1.74. The van der Waals surface area contributed by atoms with Crippen LogP contribution in [0.25, 0.3) is 0 Å². The molecule has 6 heteroatoms. The maximum atomic E-state index is 12.3. The van der Waals surface area contributed by atoms with E-state index >= 15 is 0 Å². The number of likely N-dealkylation sites (tertiary alicyclic amines) is 1. The second kappa shape index (κ2) is 7.01. The van der Waals surface area contributed by atoms with Gasteiger partial charge in [-0.05, 0) is 56.7 Å². The number of nitrogens with zero attached hydrogens (tertiary/aromatic N) is 1. The number of piperidine rings is 1. The molecule has 3 rings (SSSR count). The highest BCUT2D eigenvalue weighted by Crippen LogP contribution is 2.39. The number of hydrogen-bond acceptors (Lipinski definition) is 4. The number of thiophene rings is 1. The molecular weight excluding hydrogens is 310 g/mol. The highest BCUT2D eigenvalue weighted by atomic mass is 32.1. The van der Waals surface area contributed by atoms with Crippen LogP contribution < -0.4 is 11.1 Å². The van der Waals surface area contributed by atoms with Crippen molar-refractivity contribution in [3.63, 3.8) is 0 Å². The molecule has 23 heavy (non-hydrogen) atoms. The van der Waals surface area contributed by atoms with Gasteiger partial charge < -0.3 is 11.1 Å². The first-order valence-corrected chi connectivity index (χ1v) is 9.32. The molecule has 2 heterocycles. The minimum atomic E-state index is -0.426. The first kappa shape index (κ1) is 16.5. The van der Waals surface area contributed by atoms with Gasteiger partial charge in [0.2, 0.25) is 5.91 Å². The van der Waals surface area contributed by atoms with E-state index < -0.39 is 5.91 Å². The number of rotatable bonds is 4. The minimum absolute atomic E-state index is 0.0407. The van der Waals surface area contributed by atoms with E-state index in [1.807, 2.05) is 0 Å². The number of fused-ring (bicyclic) bond motifs is 1. The molecule has 1 aromatic heterocycles. The molecule has 5 nitrogen and oxygen atoms in total. The molecular formula is C17H25N3O2S. The molecule has 0 saturated carbocycles. The van der Waals surface area contributed by atoms with Crippen LogP contribution in [-0.4, -0.2) is 36.3 Å². The number of hydrogen-bond donors (Lipinski definition) is 2. The minimum Gasteiger partial charge on any atom is -0.365 e. The quantitative estimate of drug-likeness (QED) is 0.887. The molecule has 2 aliphatic rings. The van der Waals surface area contributed by atoms with Crippen molar-refractivity contribution < 1.29 is 9.59 Å². The van der Waals surface area contributed by atoms with Gasteiger partial charge in [0.05, 0.1) is 12.1 Å². The smallest absolute Gasteiger partial charge is 0.251 e. The number of anilines is 1. The molecule has 1 aliphatic carbocycles. The van der Waals surface area contributed by atoms with Crippen molar-refractivity contribution in [2.45, 2.75) is 45.4 Å². The molecule has 3 N–H and O–H groups in total. The average Bonchev–Trinajstić information content (AvgIpc) is 2.84. The maximum Gasteiger partial charge on any atom is 0.251 e. The van der Waals surface area contributed by atoms with Crippen LogP contribution in [0.5, 0.6) is 0 Å². The zero-order chi connectivity index (χ0) is 16.4. The van der Waals surface area contributed by atoms with E-state index in [1.165, 1.54) is 22.6 Å². The van der Waals surface area contributed by atoms with E-state index in [0.29, 0.717) is 23.0 Å². The van der Waals surface area contributed by atoms with Gasteiger partial charge in [-0.1, -0.05) is 13.3 Å². The first-order valence-electron chi connectivity index (χ1n) is 8.51. The molecule has 0 bridgehead atoms. The lowest BCUT2D eigenvalue weighted by Crippen LogP contribution is -2.37. The molecule has 1 atom stereocenters. The molecule has 1 aliphatic heterocycles. The predicted octanol–water partition coefficient (Wildman–Crippen LogP) is 2.40. The summed E-state index contributed by atoms with van der Waals surface area (Å²) >= 11 is 1.53. The monoisotopic (exact) mass is 335 g/mol. The molecule has 126 valence electrons. The summed E-state index contributed by atoms with van der Waals surface area (Å²) in [6.45, 7) is 4.58. The van der Waals surface area contributed by atoms with Gasteiger partial charge in [-0.15, -0.1) is 11.3 Å². The molecule has 2 amide bonds. The Morgan fingerprint density at radius 2 is 2.04 bits per heavy atom. The van der Waals surface area contributed by atoms with Crippen LogP contribution in [-0.2, 0) is 17.6 Å². The van der Waals surface area contributed by atoms with Gasteiger partial charge >= 0.3 is 0 Å². The summed E-state index contributed by atoms with van der Waals surface area (Å²) in [4.78, 5) is 27.6. The third-order valence-corrected chi connectivity index (χ3v) is 6.00. The molecule has 1 aromatic rings.